The van der Waals surface area contributed by atoms with E-state index in [-0.39, 0.29) is 40.6 Å². The van der Waals surface area contributed by atoms with Crippen LogP contribution in [0, 0.1) is 5.82 Å². The molecule has 0 radical (unpaired) electrons. The summed E-state index contributed by atoms with van der Waals surface area (Å²) in [4.78, 5) is 13.7. The monoisotopic (exact) mass is 565 g/mol. The van der Waals surface area contributed by atoms with Crippen molar-refractivity contribution in [3.63, 3.8) is 0 Å². The Morgan fingerprint density at radius 1 is 1.10 bits per heavy atom. The van der Waals surface area contributed by atoms with Crippen molar-refractivity contribution < 1.29 is 41.3 Å². The number of para-hydroxylation sites is 1. The van der Waals surface area contributed by atoms with Crippen molar-refractivity contribution in [2.24, 2.45) is 0 Å². The molecule has 40 heavy (non-hydrogen) atoms. The first-order valence-corrected chi connectivity index (χ1v) is 12.1. The van der Waals surface area contributed by atoms with Gasteiger partial charge in [0.15, 0.2) is 5.60 Å². The molecule has 1 aromatic carbocycles. The molecule has 3 aromatic heterocycles. The van der Waals surface area contributed by atoms with E-state index in [1.807, 2.05) is 0 Å². The number of anilines is 1. The number of imidazole rings is 1. The van der Waals surface area contributed by atoms with Gasteiger partial charge in [0.1, 0.15) is 22.8 Å². The van der Waals surface area contributed by atoms with E-state index in [2.05, 4.69) is 15.0 Å². The number of ether oxygens (including phenoxy) is 1. The van der Waals surface area contributed by atoms with Crippen molar-refractivity contribution in [2.45, 2.75) is 43.3 Å². The average molecular weight is 565 g/mol. The maximum atomic E-state index is 15.2. The third-order valence-corrected chi connectivity index (χ3v) is 7.36. The van der Waals surface area contributed by atoms with Crippen LogP contribution >= 0.6 is 0 Å². The van der Waals surface area contributed by atoms with E-state index in [1.54, 1.807) is 22.6 Å². The van der Waals surface area contributed by atoms with Gasteiger partial charge >= 0.3 is 12.8 Å². The number of nitrogens with zero attached hydrogens (tertiary/aromatic N) is 5. The van der Waals surface area contributed by atoms with E-state index in [0.717, 1.165) is 11.0 Å². The molecule has 1 saturated heterocycles. The van der Waals surface area contributed by atoms with E-state index in [4.69, 9.17) is 4.74 Å². The van der Waals surface area contributed by atoms with Crippen LogP contribution in [0.25, 0.3) is 16.8 Å². The van der Waals surface area contributed by atoms with Crippen LogP contribution in [0.15, 0.2) is 48.9 Å². The largest absolute Gasteiger partial charge is 0.435 e. The smallest absolute Gasteiger partial charge is 0.420 e. The molecule has 4 heterocycles. The number of rotatable bonds is 5. The predicted molar refractivity (Wildman–Crippen MR) is 128 cm³/mol. The summed E-state index contributed by atoms with van der Waals surface area (Å²) in [7, 11) is 0. The molecule has 14 heteroatoms. The number of aromatic nitrogens is 4. The Morgan fingerprint density at radius 2 is 1.77 bits per heavy atom. The zero-order valence-electron chi connectivity index (χ0n) is 20.7. The van der Waals surface area contributed by atoms with Crippen molar-refractivity contribution in [2.75, 3.05) is 18.0 Å². The van der Waals surface area contributed by atoms with Gasteiger partial charge in [0.25, 0.3) is 0 Å². The molecule has 210 valence electrons. The van der Waals surface area contributed by atoms with Gasteiger partial charge < -0.3 is 24.3 Å². The van der Waals surface area contributed by atoms with E-state index in [9.17, 15) is 32.2 Å². The lowest BCUT2D eigenvalue weighted by atomic mass is 9.93. The maximum Gasteiger partial charge on any atom is 0.420 e. The van der Waals surface area contributed by atoms with Gasteiger partial charge in [-0.25, -0.2) is 19.3 Å². The molecule has 0 amide bonds. The molecular formula is C26H21F6N5O3. The normalized spacial score (nSPS) is 22.1. The molecule has 2 N–H and O–H groups in total. The Bertz CT molecular complexity index is 1600. The topological polar surface area (TPSA) is 96.0 Å². The fourth-order valence-corrected chi connectivity index (χ4v) is 5.37. The zero-order valence-corrected chi connectivity index (χ0v) is 20.7. The number of alkyl halides is 5. The summed E-state index contributed by atoms with van der Waals surface area (Å²) in [6.45, 7) is -2.98. The lowest BCUT2D eigenvalue weighted by Crippen LogP contribution is -2.69. The highest BCUT2D eigenvalue weighted by atomic mass is 19.4. The molecule has 8 nitrogen and oxygen atoms in total. The van der Waals surface area contributed by atoms with Crippen LogP contribution in [0.3, 0.4) is 0 Å². The molecule has 1 aliphatic carbocycles. The van der Waals surface area contributed by atoms with Crippen molar-refractivity contribution >= 4 is 11.6 Å². The van der Waals surface area contributed by atoms with Gasteiger partial charge in [0.2, 0.25) is 5.95 Å². The van der Waals surface area contributed by atoms with Crippen LogP contribution in [0.1, 0.15) is 36.2 Å². The Hall–Kier alpha value is -3.91. The van der Waals surface area contributed by atoms with Gasteiger partial charge in [0.05, 0.1) is 24.5 Å². The van der Waals surface area contributed by atoms with E-state index in [1.165, 1.54) is 31.6 Å². The zero-order chi connectivity index (χ0) is 28.6. The van der Waals surface area contributed by atoms with Crippen LogP contribution < -0.4 is 9.64 Å². The van der Waals surface area contributed by atoms with Gasteiger partial charge in [-0.2, -0.15) is 22.0 Å². The van der Waals surface area contributed by atoms with Gasteiger partial charge in [-0.05, 0) is 19.4 Å². The first kappa shape index (κ1) is 26.3. The second-order valence-electron chi connectivity index (χ2n) is 10.2. The van der Waals surface area contributed by atoms with Crippen LogP contribution in [0.5, 0.6) is 5.75 Å². The van der Waals surface area contributed by atoms with Crippen molar-refractivity contribution in [3.8, 4) is 16.9 Å². The van der Waals surface area contributed by atoms with Gasteiger partial charge in [-0.15, -0.1) is 0 Å². The van der Waals surface area contributed by atoms with Crippen molar-refractivity contribution in [3.05, 3.63) is 71.7 Å². The number of hydrogen-bond donors (Lipinski definition) is 2. The summed E-state index contributed by atoms with van der Waals surface area (Å²) in [5.74, 6) is -1.43. The molecule has 0 saturated carbocycles. The Balaban J connectivity index is 1.38. The SMILES string of the molecule is CC1(O)CC(c2ccccc2OC(F)F)c2c1nc1cc(F)c(-c3cnc(N4CC(O)(C(F)(F)F)C4)nc3)cn21. The first-order chi connectivity index (χ1) is 18.8. The van der Waals surface area contributed by atoms with E-state index in [0.29, 0.717) is 11.3 Å². The molecule has 2 atom stereocenters. The molecule has 2 aliphatic rings. The van der Waals surface area contributed by atoms with Crippen LogP contribution in [-0.2, 0) is 5.60 Å². The molecule has 4 aromatic rings. The third kappa shape index (κ3) is 4.13. The summed E-state index contributed by atoms with van der Waals surface area (Å²) < 4.78 is 86.5. The summed E-state index contributed by atoms with van der Waals surface area (Å²) in [6, 6.07) is 7.36. The number of hydrogen-bond acceptors (Lipinski definition) is 7. The van der Waals surface area contributed by atoms with Crippen molar-refractivity contribution in [1.82, 2.24) is 19.4 Å². The highest BCUT2D eigenvalue weighted by Gasteiger charge is 2.61. The molecule has 1 aliphatic heterocycles. The van der Waals surface area contributed by atoms with Crippen LogP contribution in [-0.4, -0.2) is 61.0 Å². The first-order valence-electron chi connectivity index (χ1n) is 12.1. The van der Waals surface area contributed by atoms with Gasteiger partial charge in [-0.3, -0.25) is 0 Å². The number of β-amino-alcohol motifs (C(OH)–C–C–N with tert-alkyl or cyclic N) is 1. The second kappa shape index (κ2) is 8.80. The number of pyridine rings is 1. The fourth-order valence-electron chi connectivity index (χ4n) is 5.37. The quantitative estimate of drug-likeness (QED) is 0.347. The van der Waals surface area contributed by atoms with Gasteiger partial charge in [-0.1, -0.05) is 18.2 Å². The molecule has 1 fully saturated rings. The molecular weight excluding hydrogens is 544 g/mol. The minimum absolute atomic E-state index is 0.0389. The number of aliphatic hydroxyl groups is 2. The predicted octanol–water partition coefficient (Wildman–Crippen LogP) is 4.39. The fraction of sp³-hybridized carbons (Fsp3) is 0.346. The highest BCUT2D eigenvalue weighted by Crippen LogP contribution is 2.50. The Labute approximate surface area is 222 Å². The Kier molecular flexibility index (Phi) is 5.79. The van der Waals surface area contributed by atoms with E-state index < -0.39 is 48.8 Å². The highest BCUT2D eigenvalue weighted by molar-refractivity contribution is 5.66. The summed E-state index contributed by atoms with van der Waals surface area (Å²) >= 11 is 0. The lowest BCUT2D eigenvalue weighted by Gasteiger charge is -2.46. The minimum Gasteiger partial charge on any atom is -0.435 e. The standard InChI is InChI=1S/C26H21F6N5O3/c1-24(38)7-15(14-4-2-3-5-18(14)40-22(28)29)20-21(24)35-19-6-17(27)16(10-37(19)20)13-8-33-23(34-9-13)36-11-25(39,12-36)26(30,31)32/h2-6,8-10,15,22,38-39H,7,11-12H2,1H3. The number of fused-ring (bicyclic) bond motifs is 3. The molecule has 0 bridgehead atoms. The second-order valence-corrected chi connectivity index (χ2v) is 10.2. The molecule has 2 unspecified atom stereocenters. The molecule has 0 spiro atoms. The van der Waals surface area contributed by atoms with Gasteiger partial charge in [0, 0.05) is 47.3 Å². The van der Waals surface area contributed by atoms with Crippen LogP contribution in [0.2, 0.25) is 0 Å². The lowest BCUT2D eigenvalue weighted by molar-refractivity contribution is -0.267. The number of halogens is 6. The average Bonchev–Trinajstić information content (AvgIpc) is 3.35. The molecule has 6 rings (SSSR count). The summed E-state index contributed by atoms with van der Waals surface area (Å²) in [6.07, 6.45) is -0.766. The van der Waals surface area contributed by atoms with Crippen LogP contribution in [0.4, 0.5) is 32.3 Å². The summed E-state index contributed by atoms with van der Waals surface area (Å²) in [5, 5.41) is 20.8. The third-order valence-electron chi connectivity index (χ3n) is 7.36. The summed E-state index contributed by atoms with van der Waals surface area (Å²) in [5.41, 5.74) is -2.73. The van der Waals surface area contributed by atoms with Crippen molar-refractivity contribution in [1.29, 1.82) is 0 Å². The minimum atomic E-state index is -4.79. The Morgan fingerprint density at radius 3 is 2.42 bits per heavy atom. The number of benzene rings is 1. The van der Waals surface area contributed by atoms with E-state index >= 15 is 4.39 Å². The maximum absolute atomic E-state index is 15.2.